The first kappa shape index (κ1) is 26.7. The molecule has 0 saturated carbocycles. The van der Waals surface area contributed by atoms with Crippen molar-refractivity contribution < 1.29 is 27.5 Å². The van der Waals surface area contributed by atoms with Crippen molar-refractivity contribution in [1.82, 2.24) is 20.1 Å². The molecule has 8 nitrogen and oxygen atoms in total. The smallest absolute Gasteiger partial charge is 0.463 e. The molecule has 1 atom stereocenters. The van der Waals surface area contributed by atoms with Gasteiger partial charge in [-0.3, -0.25) is 14.7 Å². The molecule has 2 aliphatic heterocycles. The first-order valence-electron chi connectivity index (χ1n) is 10.7. The molecule has 3 heterocycles. The van der Waals surface area contributed by atoms with Crippen LogP contribution in [-0.4, -0.2) is 51.8 Å². The summed E-state index contributed by atoms with van der Waals surface area (Å²) in [6.07, 6.45) is 1.09. The van der Waals surface area contributed by atoms with Crippen LogP contribution in [0.1, 0.15) is 23.5 Å². The molecule has 194 valence electrons. The van der Waals surface area contributed by atoms with E-state index in [9.17, 15) is 22.8 Å². The van der Waals surface area contributed by atoms with Crippen LogP contribution in [0.4, 0.5) is 13.2 Å². The number of amides is 1. The van der Waals surface area contributed by atoms with Crippen molar-refractivity contribution in [3.05, 3.63) is 86.5 Å². The fourth-order valence-corrected chi connectivity index (χ4v) is 4.65. The number of amidine groups is 1. The second-order valence-corrected chi connectivity index (χ2v) is 9.34. The Hall–Kier alpha value is -3.35. The Bertz CT molecular complexity index is 1310. The molecule has 1 aromatic carbocycles. The van der Waals surface area contributed by atoms with E-state index in [2.05, 4.69) is 10.3 Å². The molecule has 2 aliphatic rings. The average Bonchev–Trinajstić information content (AvgIpc) is 3.38. The van der Waals surface area contributed by atoms with E-state index in [1.54, 1.807) is 30.6 Å². The number of carbonyl (C=O) groups excluding carboxylic acids is 2. The monoisotopic (exact) mass is 571 g/mol. The third kappa shape index (κ3) is 5.97. The van der Waals surface area contributed by atoms with E-state index in [1.807, 2.05) is 0 Å². The number of esters is 1. The lowest BCUT2D eigenvalue weighted by molar-refractivity contribution is -0.180. The lowest BCUT2D eigenvalue weighted by atomic mass is 9.95. The number of aromatic nitrogens is 1. The van der Waals surface area contributed by atoms with Crippen molar-refractivity contribution in [3.8, 4) is 0 Å². The normalized spacial score (nSPS) is 17.6. The largest absolute Gasteiger partial charge is 0.472 e. The van der Waals surface area contributed by atoms with Crippen LogP contribution in [0.25, 0.3) is 0 Å². The number of hydrogen-bond acceptors (Lipinski definition) is 8. The maximum atomic E-state index is 13.2. The van der Waals surface area contributed by atoms with Crippen LogP contribution in [0.2, 0.25) is 10.0 Å². The summed E-state index contributed by atoms with van der Waals surface area (Å²) in [7, 11) is 0. The minimum Gasteiger partial charge on any atom is -0.463 e. The number of rotatable bonds is 6. The van der Waals surface area contributed by atoms with Gasteiger partial charge in [-0.25, -0.2) is 9.78 Å². The summed E-state index contributed by atoms with van der Waals surface area (Å²) in [5, 5.41) is 6.10. The van der Waals surface area contributed by atoms with Gasteiger partial charge in [0, 0.05) is 57.7 Å². The summed E-state index contributed by atoms with van der Waals surface area (Å²) in [4.78, 5) is 35.6. The van der Waals surface area contributed by atoms with Gasteiger partial charge in [0.15, 0.2) is 10.8 Å². The Morgan fingerprint density at radius 2 is 1.92 bits per heavy atom. The second kappa shape index (κ2) is 11.0. The first-order chi connectivity index (χ1) is 17.6. The maximum absolute atomic E-state index is 13.2. The van der Waals surface area contributed by atoms with E-state index in [4.69, 9.17) is 32.9 Å². The number of benzene rings is 1. The standard InChI is InChI=1S/C23H18Cl2F3N5O3S/c1-2-36-21(34)17-16(12-32-6-8-33(9-7-32)22(35)23(26,27)28)30-19(20-29-5-10-37-20)31-18(17)14-4-3-13(24)11-15(14)25/h3-11,18H,2,12H2,1H3,(H,30,31). The van der Waals surface area contributed by atoms with Gasteiger partial charge in [-0.1, -0.05) is 29.3 Å². The van der Waals surface area contributed by atoms with Gasteiger partial charge in [-0.15, -0.1) is 11.3 Å². The van der Waals surface area contributed by atoms with Crippen molar-refractivity contribution >= 4 is 52.3 Å². The first-order valence-corrected chi connectivity index (χ1v) is 12.3. The van der Waals surface area contributed by atoms with Crippen LogP contribution in [0, 0.1) is 0 Å². The zero-order valence-electron chi connectivity index (χ0n) is 19.0. The zero-order valence-corrected chi connectivity index (χ0v) is 21.3. The number of ether oxygens (including phenoxy) is 1. The molecule has 0 aliphatic carbocycles. The highest BCUT2D eigenvalue weighted by atomic mass is 35.5. The number of halogens is 5. The number of nitrogens with one attached hydrogen (secondary N) is 1. The zero-order chi connectivity index (χ0) is 26.7. The van der Waals surface area contributed by atoms with Crippen molar-refractivity contribution in [2.75, 3.05) is 13.2 Å². The molecule has 37 heavy (non-hydrogen) atoms. The van der Waals surface area contributed by atoms with Crippen LogP contribution in [0.15, 0.2) is 70.8 Å². The van der Waals surface area contributed by atoms with Crippen molar-refractivity contribution in [2.45, 2.75) is 19.1 Å². The molecule has 4 rings (SSSR count). The van der Waals surface area contributed by atoms with Crippen LogP contribution in [0.3, 0.4) is 0 Å². The van der Waals surface area contributed by atoms with Crippen molar-refractivity contribution in [1.29, 1.82) is 0 Å². The van der Waals surface area contributed by atoms with Crippen LogP contribution < -0.4 is 5.32 Å². The fraction of sp³-hybridized carbons (Fsp3) is 0.217. The van der Waals surface area contributed by atoms with Crippen LogP contribution in [0.5, 0.6) is 0 Å². The lowest BCUT2D eigenvalue weighted by Crippen LogP contribution is -2.39. The number of thiazole rings is 1. The highest BCUT2D eigenvalue weighted by Gasteiger charge is 2.42. The molecule has 0 saturated heterocycles. The van der Waals surface area contributed by atoms with E-state index in [0.717, 1.165) is 12.4 Å². The van der Waals surface area contributed by atoms with Gasteiger partial charge >= 0.3 is 18.1 Å². The quantitative estimate of drug-likeness (QED) is 0.490. The predicted molar refractivity (Wildman–Crippen MR) is 133 cm³/mol. The molecule has 0 spiro atoms. The molecule has 1 amide bonds. The van der Waals surface area contributed by atoms with Gasteiger partial charge < -0.3 is 15.0 Å². The van der Waals surface area contributed by atoms with E-state index >= 15 is 0 Å². The number of hydrogen-bond donors (Lipinski definition) is 1. The van der Waals surface area contributed by atoms with Crippen molar-refractivity contribution in [3.63, 3.8) is 0 Å². The Kier molecular flexibility index (Phi) is 7.90. The lowest BCUT2D eigenvalue weighted by Gasteiger charge is -2.31. The minimum atomic E-state index is -5.02. The van der Waals surface area contributed by atoms with Crippen LogP contribution >= 0.6 is 34.5 Å². The summed E-state index contributed by atoms with van der Waals surface area (Å²) in [6, 6.07) is 3.92. The molecule has 0 bridgehead atoms. The highest BCUT2D eigenvalue weighted by molar-refractivity contribution is 7.11. The average molecular weight is 572 g/mol. The minimum absolute atomic E-state index is 0.00129. The Morgan fingerprint density at radius 1 is 1.19 bits per heavy atom. The van der Waals surface area contributed by atoms with Crippen LogP contribution in [-0.2, 0) is 14.3 Å². The topological polar surface area (TPSA) is 87.1 Å². The van der Waals surface area contributed by atoms with Gasteiger partial charge in [0.05, 0.1) is 18.7 Å². The summed E-state index contributed by atoms with van der Waals surface area (Å²) in [5.74, 6) is -2.31. The summed E-state index contributed by atoms with van der Waals surface area (Å²) in [6.45, 7) is 1.75. The molecule has 1 aromatic heterocycles. The number of nitrogens with zero attached hydrogens (tertiary/aromatic N) is 4. The number of alkyl halides is 3. The summed E-state index contributed by atoms with van der Waals surface area (Å²) in [5.41, 5.74) is 1.01. The van der Waals surface area contributed by atoms with Crippen molar-refractivity contribution in [2.24, 2.45) is 4.99 Å². The van der Waals surface area contributed by atoms with E-state index in [-0.39, 0.29) is 23.7 Å². The van der Waals surface area contributed by atoms with Gasteiger partial charge in [-0.2, -0.15) is 13.2 Å². The molecule has 2 aromatic rings. The number of aliphatic imine (C=N–C) groups is 1. The van der Waals surface area contributed by atoms with Gasteiger partial charge in [-0.05, 0) is 19.1 Å². The molecular formula is C23H18Cl2F3N5O3S. The van der Waals surface area contributed by atoms with Gasteiger partial charge in [0.2, 0.25) is 0 Å². The molecule has 0 radical (unpaired) electrons. The Balaban J connectivity index is 1.74. The number of carbonyl (C=O) groups is 2. The molecule has 14 heteroatoms. The summed E-state index contributed by atoms with van der Waals surface area (Å²) < 4.78 is 43.6. The second-order valence-electron chi connectivity index (χ2n) is 7.60. The molecule has 1 unspecified atom stereocenters. The van der Waals surface area contributed by atoms with E-state index < -0.39 is 24.1 Å². The molecule has 1 N–H and O–H groups in total. The Morgan fingerprint density at radius 3 is 2.51 bits per heavy atom. The molecule has 0 fully saturated rings. The van der Waals surface area contributed by atoms with E-state index in [0.29, 0.717) is 32.0 Å². The highest BCUT2D eigenvalue weighted by Crippen LogP contribution is 2.37. The maximum Gasteiger partial charge on any atom is 0.472 e. The molecular weight excluding hydrogens is 554 g/mol. The fourth-order valence-electron chi connectivity index (χ4n) is 3.55. The van der Waals surface area contributed by atoms with Gasteiger partial charge in [0.25, 0.3) is 0 Å². The SMILES string of the molecule is CCOC(=O)C1=C(CN2C=CN(C(=O)C(F)(F)F)C=C2)NC(c2nccs2)=NC1c1ccc(Cl)cc1Cl. The summed E-state index contributed by atoms with van der Waals surface area (Å²) >= 11 is 13.9. The Labute approximate surface area is 223 Å². The van der Waals surface area contributed by atoms with Gasteiger partial charge in [0.1, 0.15) is 6.04 Å². The third-order valence-corrected chi connectivity index (χ3v) is 6.51. The van der Waals surface area contributed by atoms with E-state index in [1.165, 1.54) is 34.7 Å². The third-order valence-electron chi connectivity index (χ3n) is 5.17. The predicted octanol–water partition coefficient (Wildman–Crippen LogP) is 5.01.